The molecule has 6 heteroatoms. The number of hydrogen-bond acceptors (Lipinski definition) is 5. The second-order valence-corrected chi connectivity index (χ2v) is 24.6. The molecule has 0 aliphatic heterocycles. The summed E-state index contributed by atoms with van der Waals surface area (Å²) in [6.45, 7) is 4.99. The van der Waals surface area contributed by atoms with Crippen LogP contribution < -0.4 is 5.32 Å². The Hall–Kier alpha value is -1.40. The van der Waals surface area contributed by atoms with Crippen LogP contribution in [0.15, 0.2) is 12.2 Å². The van der Waals surface area contributed by atoms with E-state index in [1.54, 1.807) is 0 Å². The normalized spacial score (nSPS) is 12.5. The number of rotatable bonds is 67. The Morgan fingerprint density at radius 3 is 0.922 bits per heavy atom. The predicted molar refractivity (Wildman–Crippen MR) is 338 cm³/mol. The fraction of sp³-hybridized carbons (Fsp3) is 0.944. The van der Waals surface area contributed by atoms with Gasteiger partial charge in [-0.2, -0.15) is 0 Å². The minimum atomic E-state index is -0.662. The molecule has 3 N–H and O–H groups in total. The van der Waals surface area contributed by atoms with Gasteiger partial charge in [-0.15, -0.1) is 0 Å². The number of unbranched alkanes of at least 4 members (excludes halogenated alkanes) is 54. The van der Waals surface area contributed by atoms with Gasteiger partial charge in [-0.05, 0) is 51.4 Å². The first-order valence-corrected chi connectivity index (χ1v) is 35.4. The molecule has 0 aromatic carbocycles. The molecule has 0 heterocycles. The topological polar surface area (TPSA) is 95.9 Å². The van der Waals surface area contributed by atoms with Crippen LogP contribution in [0, 0.1) is 0 Å². The van der Waals surface area contributed by atoms with Crippen LogP contribution in [-0.2, 0) is 14.3 Å². The van der Waals surface area contributed by atoms with Gasteiger partial charge in [0.15, 0.2) is 0 Å². The summed E-state index contributed by atoms with van der Waals surface area (Å²) in [5.74, 6) is -0.0101. The molecule has 0 aliphatic carbocycles. The van der Waals surface area contributed by atoms with E-state index in [0.717, 1.165) is 38.5 Å². The summed E-state index contributed by atoms with van der Waals surface area (Å²) in [4.78, 5) is 24.6. The molecule has 0 aromatic heterocycles. The van der Waals surface area contributed by atoms with Crippen molar-refractivity contribution in [3.8, 4) is 0 Å². The Morgan fingerprint density at radius 2 is 0.610 bits per heavy atom. The summed E-state index contributed by atoms with van der Waals surface area (Å²) >= 11 is 0. The van der Waals surface area contributed by atoms with Crippen molar-refractivity contribution in [2.24, 2.45) is 0 Å². The van der Waals surface area contributed by atoms with Crippen molar-refractivity contribution >= 4 is 11.9 Å². The molecular formula is C71H139NO5. The van der Waals surface area contributed by atoms with Crippen molar-refractivity contribution in [3.63, 3.8) is 0 Å². The summed E-state index contributed by atoms with van der Waals surface area (Å²) in [7, 11) is 0. The van der Waals surface area contributed by atoms with Gasteiger partial charge in [-0.1, -0.05) is 353 Å². The molecule has 458 valence electrons. The third-order valence-corrected chi connectivity index (χ3v) is 16.8. The van der Waals surface area contributed by atoms with Crippen LogP contribution in [-0.4, -0.2) is 47.4 Å². The number of hydrogen-bond donors (Lipinski definition) is 3. The minimum Gasteiger partial charge on any atom is -0.466 e. The Bertz CT molecular complexity index is 1160. The van der Waals surface area contributed by atoms with Crippen LogP contribution in [0.3, 0.4) is 0 Å². The summed E-state index contributed by atoms with van der Waals surface area (Å²) in [5, 5.41) is 23.3. The highest BCUT2D eigenvalue weighted by atomic mass is 16.5. The summed E-state index contributed by atoms with van der Waals surface area (Å²) in [6, 6.07) is -0.539. The Labute approximate surface area is 482 Å². The maximum Gasteiger partial charge on any atom is 0.305 e. The monoisotopic (exact) mass is 1090 g/mol. The first-order chi connectivity index (χ1) is 38.0. The Kier molecular flexibility index (Phi) is 65.9. The smallest absolute Gasteiger partial charge is 0.305 e. The average Bonchev–Trinajstić information content (AvgIpc) is 3.43. The maximum atomic E-state index is 12.5. The van der Waals surface area contributed by atoms with E-state index in [9.17, 15) is 19.8 Å². The number of aliphatic hydroxyl groups excluding tert-OH is 2. The molecule has 1 amide bonds. The molecule has 0 saturated carbocycles. The van der Waals surface area contributed by atoms with Crippen LogP contribution >= 0.6 is 0 Å². The lowest BCUT2D eigenvalue weighted by Crippen LogP contribution is -2.45. The fourth-order valence-corrected chi connectivity index (χ4v) is 11.4. The van der Waals surface area contributed by atoms with Crippen molar-refractivity contribution in [3.05, 3.63) is 12.2 Å². The van der Waals surface area contributed by atoms with Crippen molar-refractivity contribution in [2.75, 3.05) is 13.2 Å². The zero-order valence-electron chi connectivity index (χ0n) is 52.5. The van der Waals surface area contributed by atoms with Gasteiger partial charge < -0.3 is 20.3 Å². The van der Waals surface area contributed by atoms with Crippen molar-refractivity contribution < 1.29 is 24.5 Å². The van der Waals surface area contributed by atoms with E-state index >= 15 is 0 Å². The van der Waals surface area contributed by atoms with Gasteiger partial charge in [0, 0.05) is 12.8 Å². The van der Waals surface area contributed by atoms with Crippen molar-refractivity contribution in [1.29, 1.82) is 0 Å². The molecule has 0 spiro atoms. The molecular weight excluding hydrogens is 947 g/mol. The first-order valence-electron chi connectivity index (χ1n) is 35.4. The van der Waals surface area contributed by atoms with Gasteiger partial charge >= 0.3 is 5.97 Å². The van der Waals surface area contributed by atoms with Crippen LogP contribution in [0.4, 0.5) is 0 Å². The van der Waals surface area contributed by atoms with E-state index in [2.05, 4.69) is 31.3 Å². The van der Waals surface area contributed by atoms with Crippen LogP contribution in [0.25, 0.3) is 0 Å². The maximum absolute atomic E-state index is 12.5. The number of esters is 1. The van der Waals surface area contributed by atoms with Gasteiger partial charge in [0.05, 0.1) is 25.4 Å². The Morgan fingerprint density at radius 1 is 0.351 bits per heavy atom. The third kappa shape index (κ3) is 63.6. The van der Waals surface area contributed by atoms with Crippen molar-refractivity contribution in [2.45, 2.75) is 418 Å². The average molecular weight is 1090 g/mol. The molecule has 0 radical (unpaired) electrons. The van der Waals surface area contributed by atoms with Gasteiger partial charge in [0.1, 0.15) is 0 Å². The zero-order chi connectivity index (χ0) is 55.7. The van der Waals surface area contributed by atoms with E-state index in [4.69, 9.17) is 4.74 Å². The molecule has 0 bridgehead atoms. The van der Waals surface area contributed by atoms with Gasteiger partial charge in [-0.3, -0.25) is 9.59 Å². The molecule has 2 unspecified atom stereocenters. The van der Waals surface area contributed by atoms with E-state index in [0.29, 0.717) is 25.9 Å². The van der Waals surface area contributed by atoms with Gasteiger partial charge in [0.2, 0.25) is 5.91 Å². The van der Waals surface area contributed by atoms with Crippen LogP contribution in [0.5, 0.6) is 0 Å². The van der Waals surface area contributed by atoms with Crippen molar-refractivity contribution in [1.82, 2.24) is 5.32 Å². The molecule has 0 aromatic rings. The molecule has 2 atom stereocenters. The number of carbonyl (C=O) groups is 2. The van der Waals surface area contributed by atoms with Crippen LogP contribution in [0.2, 0.25) is 0 Å². The van der Waals surface area contributed by atoms with Gasteiger partial charge in [0.25, 0.3) is 0 Å². The molecule has 0 aliphatic rings. The third-order valence-electron chi connectivity index (χ3n) is 16.8. The standard InChI is InChI=1S/C71H139NO5/c1-3-5-7-9-11-13-15-17-18-19-31-35-38-41-45-49-53-57-61-65-71(76)77-66-62-58-54-50-46-42-39-36-33-30-28-26-24-22-20-21-23-25-27-29-32-34-37-40-44-48-52-56-60-64-70(75)72-68(67-73)69(74)63-59-55-51-47-43-16-14-12-10-8-6-4-2/h20,22,68-69,73-74H,3-19,21,23-67H2,1-2H3,(H,72,75)/b22-20-. The lowest BCUT2D eigenvalue weighted by Gasteiger charge is -2.22. The van der Waals surface area contributed by atoms with E-state index in [-0.39, 0.29) is 18.5 Å². The highest BCUT2D eigenvalue weighted by molar-refractivity contribution is 5.76. The molecule has 0 saturated heterocycles. The predicted octanol–water partition coefficient (Wildman–Crippen LogP) is 22.8. The SMILES string of the molecule is CCCCCCCCCCCCCCCCCCCCCC(=O)OCCCCCCCCCCCCCC/C=C\CCCCCCCCCCCCCCCC(=O)NC(CO)C(O)CCCCCCCCCCCCCC. The van der Waals surface area contributed by atoms with E-state index in [1.165, 1.54) is 334 Å². The lowest BCUT2D eigenvalue weighted by molar-refractivity contribution is -0.143. The molecule has 0 fully saturated rings. The number of amides is 1. The minimum absolute atomic E-state index is 0.0222. The first kappa shape index (κ1) is 75.6. The largest absolute Gasteiger partial charge is 0.466 e. The number of carbonyl (C=O) groups excluding carboxylic acids is 2. The van der Waals surface area contributed by atoms with Gasteiger partial charge in [-0.25, -0.2) is 0 Å². The Balaban J connectivity index is 3.32. The second kappa shape index (κ2) is 67.1. The molecule has 6 nitrogen and oxygen atoms in total. The zero-order valence-corrected chi connectivity index (χ0v) is 52.5. The molecule has 77 heavy (non-hydrogen) atoms. The fourth-order valence-electron chi connectivity index (χ4n) is 11.4. The molecule has 0 rings (SSSR count). The summed E-state index contributed by atoms with van der Waals surface area (Å²) in [6.07, 6.45) is 82.7. The number of aliphatic hydroxyl groups is 2. The van der Waals surface area contributed by atoms with Crippen LogP contribution in [0.1, 0.15) is 406 Å². The highest BCUT2D eigenvalue weighted by Gasteiger charge is 2.20. The quantitative estimate of drug-likeness (QED) is 0.0320. The second-order valence-electron chi connectivity index (χ2n) is 24.6. The highest BCUT2D eigenvalue weighted by Crippen LogP contribution is 2.19. The lowest BCUT2D eigenvalue weighted by atomic mass is 10.0. The number of allylic oxidation sites excluding steroid dienone is 2. The number of nitrogens with one attached hydrogen (secondary N) is 1. The number of ether oxygens (including phenoxy) is 1. The summed E-state index contributed by atoms with van der Waals surface area (Å²) < 4.78 is 5.51. The summed E-state index contributed by atoms with van der Waals surface area (Å²) in [5.41, 5.74) is 0. The van der Waals surface area contributed by atoms with E-state index < -0.39 is 12.1 Å². The van der Waals surface area contributed by atoms with E-state index in [1.807, 2.05) is 0 Å².